The van der Waals surface area contributed by atoms with Crippen LogP contribution in [0.5, 0.6) is 5.75 Å². The molecule has 1 aromatic carbocycles. The van der Waals surface area contributed by atoms with Crippen molar-refractivity contribution in [3.8, 4) is 5.75 Å². The number of carbonyl (C=O) groups is 2. The van der Waals surface area contributed by atoms with Gasteiger partial charge in [0.2, 0.25) is 0 Å². The summed E-state index contributed by atoms with van der Waals surface area (Å²) in [6, 6.07) is 5.11. The van der Waals surface area contributed by atoms with E-state index >= 15 is 0 Å². The number of Topliss-reactive ketones (excluding diaryl/α,β-unsaturated/α-hetero) is 1. The molecule has 0 aromatic heterocycles. The molecule has 5 heteroatoms. The van der Waals surface area contributed by atoms with Gasteiger partial charge < -0.3 is 14.6 Å². The molecule has 18 heavy (non-hydrogen) atoms. The number of carboxylic acid groups (broad SMARTS) is 1. The second-order valence-corrected chi connectivity index (χ2v) is 4.41. The number of benzene rings is 1. The standard InChI is InChI=1S/C13H14O5/c1-8-3-4-10(17-2)9(5-8)11(14)13(12(15)16)6-18-7-13/h3-5H,6-7H2,1-2H3,(H,15,16). The fourth-order valence-electron chi connectivity index (χ4n) is 1.91. The van der Waals surface area contributed by atoms with Crippen LogP contribution in [-0.2, 0) is 9.53 Å². The highest BCUT2D eigenvalue weighted by molar-refractivity contribution is 6.14. The van der Waals surface area contributed by atoms with Gasteiger partial charge in [0.15, 0.2) is 11.2 Å². The molecule has 0 amide bonds. The molecule has 0 aliphatic carbocycles. The molecular formula is C13H14O5. The number of methoxy groups -OCH3 is 1. The van der Waals surface area contributed by atoms with Crippen molar-refractivity contribution in [1.82, 2.24) is 0 Å². The fraction of sp³-hybridized carbons (Fsp3) is 0.385. The summed E-state index contributed by atoms with van der Waals surface area (Å²) in [4.78, 5) is 23.6. The Morgan fingerprint density at radius 1 is 1.39 bits per heavy atom. The van der Waals surface area contributed by atoms with E-state index in [0.29, 0.717) is 11.3 Å². The van der Waals surface area contributed by atoms with Crippen LogP contribution in [0.25, 0.3) is 0 Å². The van der Waals surface area contributed by atoms with Crippen LogP contribution in [0.1, 0.15) is 15.9 Å². The summed E-state index contributed by atoms with van der Waals surface area (Å²) in [6.07, 6.45) is 0. The third-order valence-electron chi connectivity index (χ3n) is 3.14. The van der Waals surface area contributed by atoms with E-state index in [1.54, 1.807) is 18.2 Å². The summed E-state index contributed by atoms with van der Waals surface area (Å²) >= 11 is 0. The van der Waals surface area contributed by atoms with Crippen molar-refractivity contribution < 1.29 is 24.2 Å². The van der Waals surface area contributed by atoms with Gasteiger partial charge in [0, 0.05) is 0 Å². The molecule has 0 bridgehead atoms. The van der Waals surface area contributed by atoms with E-state index in [0.717, 1.165) is 5.56 Å². The number of aliphatic carboxylic acids is 1. The third kappa shape index (κ3) is 1.76. The summed E-state index contributed by atoms with van der Waals surface area (Å²) in [6.45, 7) is 1.66. The van der Waals surface area contributed by atoms with Crippen molar-refractivity contribution in [1.29, 1.82) is 0 Å². The van der Waals surface area contributed by atoms with Gasteiger partial charge in [-0.05, 0) is 19.1 Å². The van der Waals surface area contributed by atoms with Crippen LogP contribution < -0.4 is 4.74 Å². The lowest BCUT2D eigenvalue weighted by Crippen LogP contribution is -2.54. The Labute approximate surface area is 104 Å². The van der Waals surface area contributed by atoms with E-state index in [2.05, 4.69) is 0 Å². The summed E-state index contributed by atoms with van der Waals surface area (Å²) in [5, 5.41) is 9.21. The molecule has 5 nitrogen and oxygen atoms in total. The highest BCUT2D eigenvalue weighted by atomic mass is 16.5. The molecule has 1 N–H and O–H groups in total. The number of carbonyl (C=O) groups excluding carboxylic acids is 1. The molecular weight excluding hydrogens is 236 g/mol. The topological polar surface area (TPSA) is 72.8 Å². The van der Waals surface area contributed by atoms with Crippen molar-refractivity contribution >= 4 is 11.8 Å². The molecule has 0 atom stereocenters. The number of rotatable bonds is 4. The SMILES string of the molecule is COc1ccc(C)cc1C(=O)C1(C(=O)O)COC1. The van der Waals surface area contributed by atoms with Gasteiger partial charge in [-0.1, -0.05) is 11.6 Å². The fourth-order valence-corrected chi connectivity index (χ4v) is 1.91. The Bertz CT molecular complexity index is 502. The number of hydrogen-bond donors (Lipinski definition) is 1. The first kappa shape index (κ1) is 12.6. The highest BCUT2D eigenvalue weighted by Crippen LogP contribution is 2.35. The zero-order valence-corrected chi connectivity index (χ0v) is 10.2. The van der Waals surface area contributed by atoms with E-state index in [9.17, 15) is 14.7 Å². The number of ether oxygens (including phenoxy) is 2. The minimum absolute atomic E-state index is 0.0851. The Balaban J connectivity index is 2.45. The highest BCUT2D eigenvalue weighted by Gasteiger charge is 2.53. The van der Waals surface area contributed by atoms with Crippen molar-refractivity contribution in [2.45, 2.75) is 6.92 Å². The van der Waals surface area contributed by atoms with Crippen LogP contribution in [0, 0.1) is 12.3 Å². The summed E-state index contributed by atoms with van der Waals surface area (Å²) in [7, 11) is 1.45. The summed E-state index contributed by atoms with van der Waals surface area (Å²) in [5.74, 6) is -1.22. The Morgan fingerprint density at radius 2 is 2.06 bits per heavy atom. The van der Waals surface area contributed by atoms with E-state index in [4.69, 9.17) is 9.47 Å². The van der Waals surface area contributed by atoms with Crippen LogP contribution in [0.2, 0.25) is 0 Å². The lowest BCUT2D eigenvalue weighted by Gasteiger charge is -2.36. The number of aryl methyl sites for hydroxylation is 1. The third-order valence-corrected chi connectivity index (χ3v) is 3.14. The van der Waals surface area contributed by atoms with Gasteiger partial charge in [0.1, 0.15) is 5.75 Å². The molecule has 1 aliphatic rings. The summed E-state index contributed by atoms with van der Waals surface area (Å²) < 4.78 is 10.0. The van der Waals surface area contributed by atoms with Gasteiger partial charge >= 0.3 is 5.97 Å². The monoisotopic (exact) mass is 250 g/mol. The lowest BCUT2D eigenvalue weighted by molar-refractivity contribution is -0.169. The van der Waals surface area contributed by atoms with E-state index in [-0.39, 0.29) is 13.2 Å². The van der Waals surface area contributed by atoms with E-state index < -0.39 is 17.2 Å². The van der Waals surface area contributed by atoms with Crippen LogP contribution in [0.4, 0.5) is 0 Å². The molecule has 0 spiro atoms. The first-order valence-corrected chi connectivity index (χ1v) is 5.52. The zero-order valence-electron chi connectivity index (χ0n) is 10.2. The molecule has 96 valence electrons. The molecule has 2 rings (SSSR count). The van der Waals surface area contributed by atoms with Crippen LogP contribution in [-0.4, -0.2) is 37.2 Å². The van der Waals surface area contributed by atoms with E-state index in [1.807, 2.05) is 6.92 Å². The maximum atomic E-state index is 12.4. The van der Waals surface area contributed by atoms with Gasteiger partial charge in [-0.3, -0.25) is 9.59 Å². The average Bonchev–Trinajstić information content (AvgIpc) is 2.26. The maximum Gasteiger partial charge on any atom is 0.322 e. The molecule has 1 heterocycles. The molecule has 1 aliphatic heterocycles. The second kappa shape index (κ2) is 4.42. The Kier molecular flexibility index (Phi) is 3.09. The normalized spacial score (nSPS) is 16.8. The maximum absolute atomic E-state index is 12.4. The smallest absolute Gasteiger partial charge is 0.322 e. The molecule has 1 saturated heterocycles. The predicted molar refractivity (Wildman–Crippen MR) is 62.9 cm³/mol. The van der Waals surface area contributed by atoms with Gasteiger partial charge in [0.25, 0.3) is 0 Å². The van der Waals surface area contributed by atoms with Crippen LogP contribution >= 0.6 is 0 Å². The Morgan fingerprint density at radius 3 is 2.50 bits per heavy atom. The van der Waals surface area contributed by atoms with E-state index in [1.165, 1.54) is 7.11 Å². The molecule has 1 aromatic rings. The molecule has 1 fully saturated rings. The van der Waals surface area contributed by atoms with Crippen molar-refractivity contribution in [3.05, 3.63) is 29.3 Å². The number of carboxylic acids is 1. The van der Waals surface area contributed by atoms with Gasteiger partial charge in [-0.25, -0.2) is 0 Å². The molecule has 0 radical (unpaired) electrons. The predicted octanol–water partition coefficient (Wildman–Crippen LogP) is 1.29. The van der Waals surface area contributed by atoms with Gasteiger partial charge in [-0.15, -0.1) is 0 Å². The Hall–Kier alpha value is -1.88. The molecule has 0 saturated carbocycles. The number of hydrogen-bond acceptors (Lipinski definition) is 4. The quantitative estimate of drug-likeness (QED) is 0.644. The van der Waals surface area contributed by atoms with Crippen molar-refractivity contribution in [2.24, 2.45) is 5.41 Å². The first-order chi connectivity index (χ1) is 8.51. The van der Waals surface area contributed by atoms with Gasteiger partial charge in [-0.2, -0.15) is 0 Å². The van der Waals surface area contributed by atoms with Crippen molar-refractivity contribution in [3.63, 3.8) is 0 Å². The van der Waals surface area contributed by atoms with Gasteiger partial charge in [0.05, 0.1) is 25.9 Å². The first-order valence-electron chi connectivity index (χ1n) is 5.52. The van der Waals surface area contributed by atoms with Crippen LogP contribution in [0.15, 0.2) is 18.2 Å². The second-order valence-electron chi connectivity index (χ2n) is 4.41. The van der Waals surface area contributed by atoms with Crippen molar-refractivity contribution in [2.75, 3.05) is 20.3 Å². The largest absolute Gasteiger partial charge is 0.496 e. The summed E-state index contributed by atoms with van der Waals surface area (Å²) in [5.41, 5.74) is -0.288. The lowest BCUT2D eigenvalue weighted by atomic mass is 9.78. The zero-order chi connectivity index (χ0) is 13.3. The minimum atomic E-state index is -1.46. The average molecular weight is 250 g/mol. The minimum Gasteiger partial charge on any atom is -0.496 e. The van der Waals surface area contributed by atoms with Crippen LogP contribution in [0.3, 0.4) is 0 Å². The number of ketones is 1. The molecule has 0 unspecified atom stereocenters.